The summed E-state index contributed by atoms with van der Waals surface area (Å²) in [7, 11) is 0. The van der Waals surface area contributed by atoms with Gasteiger partial charge in [0.2, 0.25) is 0 Å². The molecule has 2 aliphatic rings. The fraction of sp³-hybridized carbons (Fsp3) is 0.0769. The normalized spacial score (nSPS) is 13.5. The number of para-hydroxylation sites is 6. The number of anilines is 6. The topological polar surface area (TPSA) is 42.6 Å². The second-order valence-corrected chi connectivity index (χ2v) is 31.9. The molecule has 0 N–H and O–H groups in total. The molecule has 111 heavy (non-hydrogen) atoms. The van der Waals surface area contributed by atoms with Gasteiger partial charge in [-0.05, 0) is 186 Å². The van der Waals surface area contributed by atoms with E-state index in [4.69, 9.17) is 8.83 Å². The van der Waals surface area contributed by atoms with Crippen LogP contribution in [0.3, 0.4) is 0 Å². The van der Waals surface area contributed by atoms with Crippen LogP contribution in [0.5, 0.6) is 0 Å². The molecule has 0 spiro atoms. The third-order valence-corrected chi connectivity index (χ3v) is 23.5. The Labute approximate surface area is 651 Å². The van der Waals surface area contributed by atoms with E-state index in [0.717, 1.165) is 194 Å². The average molecular weight is 1430 g/mol. The number of hydrogen-bond donors (Lipinski definition) is 0. The highest BCUT2D eigenvalue weighted by atomic mass is 16.3. The molecule has 22 rings (SSSR count). The predicted molar refractivity (Wildman–Crippen MR) is 468 cm³/mol. The average Bonchev–Trinajstić information content (AvgIpc) is 0.883. The number of hydrogen-bond acceptors (Lipinski definition) is 4. The van der Waals surface area contributed by atoms with Crippen molar-refractivity contribution in [1.29, 1.82) is 0 Å². The van der Waals surface area contributed by atoms with Crippen LogP contribution in [0.4, 0.5) is 34.1 Å². The van der Waals surface area contributed by atoms with E-state index in [0.29, 0.717) is 5.56 Å². The van der Waals surface area contributed by atoms with Gasteiger partial charge in [-0.25, -0.2) is 0 Å². The summed E-state index contributed by atoms with van der Waals surface area (Å²) in [6.45, 7) is 13.2. The molecule has 20 aromatic rings. The van der Waals surface area contributed by atoms with E-state index in [1.165, 1.54) is 11.1 Å². The zero-order chi connectivity index (χ0) is 78.5. The molecule has 0 bridgehead atoms. The minimum Gasteiger partial charge on any atom is -0.456 e. The summed E-state index contributed by atoms with van der Waals surface area (Å²) in [5, 5.41) is 8.41. The molecule has 0 amide bonds. The van der Waals surface area contributed by atoms with Crippen LogP contribution in [0.2, 0.25) is 0 Å². The van der Waals surface area contributed by atoms with Crippen molar-refractivity contribution in [2.24, 2.45) is 0 Å². The molecule has 0 unspecified atom stereocenters. The summed E-state index contributed by atoms with van der Waals surface area (Å²) in [5.41, 5.74) is 27.3. The van der Waals surface area contributed by atoms with Crippen molar-refractivity contribution >= 4 is 145 Å². The van der Waals surface area contributed by atoms with Gasteiger partial charge < -0.3 is 27.8 Å². The van der Waals surface area contributed by atoms with Crippen LogP contribution in [0.25, 0.3) is 154 Å². The maximum Gasteiger partial charge on any atom is 0.252 e. The number of furan rings is 2. The van der Waals surface area contributed by atoms with Gasteiger partial charge in [-0.2, -0.15) is 0 Å². The van der Waals surface area contributed by atoms with Gasteiger partial charge in [-0.3, -0.25) is 0 Å². The first-order valence-electron chi connectivity index (χ1n) is 40.8. The first-order chi connectivity index (χ1) is 56.4. The molecule has 0 fully saturated rings. The summed E-state index contributed by atoms with van der Waals surface area (Å²) in [4.78, 5) is 4.94. The molecule has 0 aliphatic carbocycles. The molecule has 0 atom stereocenters. The van der Waals surface area contributed by atoms with Crippen molar-refractivity contribution in [3.05, 3.63) is 357 Å². The van der Waals surface area contributed by atoms with Crippen LogP contribution < -0.4 is 26.2 Å². The van der Waals surface area contributed by atoms with Crippen molar-refractivity contribution < 1.29 is 15.7 Å². The minimum atomic E-state index is -0.536. The second-order valence-electron chi connectivity index (χ2n) is 31.9. The lowest BCUT2D eigenvalue weighted by molar-refractivity contribution is 0.590. The van der Waals surface area contributed by atoms with E-state index in [9.17, 15) is 6.85 Å². The Kier molecular flexibility index (Phi) is 13.1. The van der Waals surface area contributed by atoms with E-state index >= 15 is 0 Å². The smallest absolute Gasteiger partial charge is 0.252 e. The Morgan fingerprint density at radius 3 is 1.31 bits per heavy atom. The number of aromatic nitrogens is 2. The second kappa shape index (κ2) is 24.4. The fourth-order valence-electron chi connectivity index (χ4n) is 18.3. The van der Waals surface area contributed by atoms with E-state index in [1.807, 2.05) is 24.3 Å². The molecule has 6 heterocycles. The molecule has 16 aromatic carbocycles. The Balaban J connectivity index is 0.950. The number of benzene rings is 16. The van der Waals surface area contributed by atoms with Crippen LogP contribution in [0.1, 0.15) is 59.5 Å². The Hall–Kier alpha value is -13.6. The van der Waals surface area contributed by atoms with Gasteiger partial charge in [0.1, 0.15) is 22.3 Å². The van der Waals surface area contributed by atoms with Gasteiger partial charge in [-0.1, -0.05) is 284 Å². The maximum atomic E-state index is 10.2. The molecule has 2 aliphatic heterocycles. The van der Waals surface area contributed by atoms with Gasteiger partial charge in [0.25, 0.3) is 6.71 Å². The van der Waals surface area contributed by atoms with Crippen molar-refractivity contribution in [2.75, 3.05) is 9.80 Å². The quantitative estimate of drug-likeness (QED) is 0.135. The molecule has 526 valence electrons. The van der Waals surface area contributed by atoms with Crippen LogP contribution in [0, 0.1) is 0 Å². The van der Waals surface area contributed by atoms with Crippen LogP contribution in [-0.4, -0.2) is 15.8 Å². The lowest BCUT2D eigenvalue weighted by Crippen LogP contribution is -2.61. The summed E-state index contributed by atoms with van der Waals surface area (Å²) in [6.07, 6.45) is 0. The Morgan fingerprint density at radius 2 is 0.730 bits per heavy atom. The summed E-state index contributed by atoms with van der Waals surface area (Å²) < 4.78 is 67.6. The molecular weight excluding hydrogens is 1350 g/mol. The molecule has 0 saturated carbocycles. The maximum absolute atomic E-state index is 10.2. The van der Waals surface area contributed by atoms with Crippen molar-refractivity contribution in [2.45, 2.75) is 52.4 Å². The van der Waals surface area contributed by atoms with Gasteiger partial charge in [0, 0.05) is 77.0 Å². The molecule has 0 saturated heterocycles. The largest absolute Gasteiger partial charge is 0.456 e. The van der Waals surface area contributed by atoms with Crippen LogP contribution in [0.15, 0.2) is 354 Å². The third-order valence-electron chi connectivity index (χ3n) is 23.5. The van der Waals surface area contributed by atoms with Gasteiger partial charge in [0.05, 0.1) is 51.7 Å². The number of nitrogens with zero attached hydrogens (tertiary/aromatic N) is 4. The molecule has 6 nitrogen and oxygen atoms in total. The summed E-state index contributed by atoms with van der Waals surface area (Å²) in [6, 6.07) is 112. The fourth-order valence-corrected chi connectivity index (χ4v) is 18.3. The molecule has 4 aromatic heterocycles. The van der Waals surface area contributed by atoms with E-state index in [1.54, 1.807) is 0 Å². The van der Waals surface area contributed by atoms with E-state index in [2.05, 4.69) is 352 Å². The standard InChI is InChI=1S/C104H75BN4O2/c1-103(2,3)71-50-55-87-81(62-71)82-63-72(104(4,5)6)51-56-88(82)107(87)92-43-25-39-79(78-38-26-46-97-99(78)80-36-19-23-45-96(80)110-97)102(92)109-90-54-49-68(65-29-12-8-13-30-65)58-84(90)105-83-57-67(64-27-10-7-11-28-64)48-53-89(83)108(93-59-70(60-94(109)100(93)105)66-31-14-9-15-32-66)101-73(69-47-52-77-76-35-18-22-44-95(76)111-98(77)61-69)37-24-42-91(101)106-85-40-20-16-33-74(85)75-34-17-21-41-86(75)106/h7-63H,1-6H3/i9D,14D,15D,31D,32D. The highest BCUT2D eigenvalue weighted by molar-refractivity contribution is 7.00. The zero-order valence-electron chi connectivity index (χ0n) is 67.2. The minimum absolute atomic E-state index is 0.0723. The highest BCUT2D eigenvalue weighted by Crippen LogP contribution is 2.56. The predicted octanol–water partition coefficient (Wildman–Crippen LogP) is 26.7. The first kappa shape index (κ1) is 59.4. The lowest BCUT2D eigenvalue weighted by Gasteiger charge is -2.46. The molecule has 0 radical (unpaired) electrons. The number of fused-ring (bicyclic) bond motifs is 16. The van der Waals surface area contributed by atoms with E-state index in [-0.39, 0.29) is 28.5 Å². The van der Waals surface area contributed by atoms with Gasteiger partial charge in [0.15, 0.2) is 0 Å². The highest BCUT2D eigenvalue weighted by Gasteiger charge is 2.46. The van der Waals surface area contributed by atoms with E-state index < -0.39 is 24.8 Å². The summed E-state index contributed by atoms with van der Waals surface area (Å²) >= 11 is 0. The Bertz CT molecular complexity index is 7430. The first-order valence-corrected chi connectivity index (χ1v) is 38.3. The zero-order valence-corrected chi connectivity index (χ0v) is 62.2. The SMILES string of the molecule is [2H]c1c([2H])c([2H])c(-c2cc3c4c(c2)N(c2c(-c5cccc6oc7ccccc7c56)cccc2-n2c5ccc(C(C)(C)C)cc5c5cc(C(C)(C)C)ccc52)c2ccc(-c5ccccc5)cc2B4c2cc(-c4ccccc4)ccc2N3c2c(-c3ccc4c(c3)oc3ccccc34)cccc2-n2c3ccccc3c3ccccc32)c([2H])c1[2H]. The number of rotatable bonds is 9. The van der Waals surface area contributed by atoms with Crippen molar-refractivity contribution in [1.82, 2.24) is 9.13 Å². The van der Waals surface area contributed by atoms with Gasteiger partial charge >= 0.3 is 0 Å². The van der Waals surface area contributed by atoms with Crippen LogP contribution in [-0.2, 0) is 10.8 Å². The molecular formula is C104H75BN4O2. The lowest BCUT2D eigenvalue weighted by atomic mass is 9.33. The van der Waals surface area contributed by atoms with Crippen molar-refractivity contribution in [3.63, 3.8) is 0 Å². The third kappa shape index (κ3) is 9.98. The Morgan fingerprint density at radius 1 is 0.279 bits per heavy atom. The van der Waals surface area contributed by atoms with Crippen molar-refractivity contribution in [3.8, 4) is 67.0 Å². The van der Waals surface area contributed by atoms with Gasteiger partial charge in [-0.15, -0.1) is 0 Å². The van der Waals surface area contributed by atoms with Crippen LogP contribution >= 0.6 is 0 Å². The molecule has 7 heteroatoms. The monoisotopic (exact) mass is 1430 g/mol. The summed E-state index contributed by atoms with van der Waals surface area (Å²) in [5.74, 6) is 0.